The molecule has 268 valence electrons. The molecule has 1 fully saturated rings. The Morgan fingerprint density at radius 1 is 0.827 bits per heavy atom. The lowest BCUT2D eigenvalue weighted by molar-refractivity contribution is -0.138. The number of urea groups is 1. The highest BCUT2D eigenvalue weighted by atomic mass is 16.5. The lowest BCUT2D eigenvalue weighted by atomic mass is 9.64. The van der Waals surface area contributed by atoms with E-state index < -0.39 is 12.1 Å². The molecular formula is C42H46N6O4. The summed E-state index contributed by atoms with van der Waals surface area (Å²) < 4.78 is 5.98. The van der Waals surface area contributed by atoms with Gasteiger partial charge in [-0.3, -0.25) is 9.59 Å². The minimum Gasteiger partial charge on any atom is -0.489 e. The van der Waals surface area contributed by atoms with Crippen LogP contribution in [0.4, 0.5) is 4.79 Å². The van der Waals surface area contributed by atoms with Crippen LogP contribution in [0.5, 0.6) is 5.75 Å². The average Bonchev–Trinajstić information content (AvgIpc) is 3.68. The second-order valence-corrected chi connectivity index (χ2v) is 13.5. The molecule has 0 spiro atoms. The van der Waals surface area contributed by atoms with Crippen molar-refractivity contribution in [3.05, 3.63) is 156 Å². The van der Waals surface area contributed by atoms with Crippen LogP contribution in [0.2, 0.25) is 0 Å². The van der Waals surface area contributed by atoms with E-state index in [4.69, 9.17) is 4.74 Å². The molecule has 0 aliphatic heterocycles. The minimum absolute atomic E-state index is 0.110. The Morgan fingerprint density at radius 3 is 2.08 bits per heavy atom. The van der Waals surface area contributed by atoms with Gasteiger partial charge in [-0.1, -0.05) is 110 Å². The van der Waals surface area contributed by atoms with E-state index in [2.05, 4.69) is 32.7 Å². The number of carbonyl (C=O) groups excluding carboxylic acids is 3. The maximum Gasteiger partial charge on any atom is 0.318 e. The first-order chi connectivity index (χ1) is 25.4. The molecule has 1 unspecified atom stereocenters. The number of hydrogen-bond acceptors (Lipinski definition) is 5. The van der Waals surface area contributed by atoms with Crippen molar-refractivity contribution in [1.29, 1.82) is 0 Å². The van der Waals surface area contributed by atoms with Crippen LogP contribution in [0, 0.1) is 0 Å². The Hall–Kier alpha value is -5.90. The predicted octanol–water partition coefficient (Wildman–Crippen LogP) is 6.01. The molecule has 1 aliphatic carbocycles. The number of nitrogens with one attached hydrogen (secondary N) is 3. The summed E-state index contributed by atoms with van der Waals surface area (Å²) in [4.78, 5) is 52.0. The van der Waals surface area contributed by atoms with Crippen LogP contribution in [0.1, 0.15) is 47.2 Å². The van der Waals surface area contributed by atoms with Gasteiger partial charge in [0.1, 0.15) is 18.4 Å². The summed E-state index contributed by atoms with van der Waals surface area (Å²) in [5.41, 5.74) is 4.56. The number of aromatic amines is 1. The van der Waals surface area contributed by atoms with Crippen LogP contribution in [0.25, 0.3) is 0 Å². The smallest absolute Gasteiger partial charge is 0.318 e. The topological polar surface area (TPSA) is 120 Å². The number of aromatic nitrogens is 2. The lowest BCUT2D eigenvalue weighted by Crippen LogP contribution is -2.54. The molecule has 1 atom stereocenters. The highest BCUT2D eigenvalue weighted by Gasteiger charge is 2.39. The molecule has 52 heavy (non-hydrogen) atoms. The summed E-state index contributed by atoms with van der Waals surface area (Å²) in [5, 5.41) is 6.08. The van der Waals surface area contributed by atoms with Gasteiger partial charge in [-0.15, -0.1) is 0 Å². The lowest BCUT2D eigenvalue weighted by Gasteiger charge is -2.42. The molecule has 6 rings (SSSR count). The molecular weight excluding hydrogens is 653 g/mol. The number of carbonyl (C=O) groups is 3. The molecule has 3 N–H and O–H groups in total. The molecule has 4 amide bonds. The van der Waals surface area contributed by atoms with Gasteiger partial charge in [-0.2, -0.15) is 0 Å². The van der Waals surface area contributed by atoms with Crippen LogP contribution in [-0.4, -0.2) is 63.8 Å². The number of nitrogens with zero attached hydrogens (tertiary/aromatic N) is 3. The molecule has 1 aliphatic rings. The Bertz CT molecular complexity index is 1860. The quantitative estimate of drug-likeness (QED) is 0.117. The summed E-state index contributed by atoms with van der Waals surface area (Å²) in [7, 11) is 1.69. The Balaban J connectivity index is 1.19. The first-order valence-electron chi connectivity index (χ1n) is 17.8. The number of imidazole rings is 1. The van der Waals surface area contributed by atoms with Gasteiger partial charge < -0.3 is 30.2 Å². The van der Waals surface area contributed by atoms with E-state index in [1.807, 2.05) is 103 Å². The number of benzene rings is 4. The van der Waals surface area contributed by atoms with Crippen molar-refractivity contribution >= 4 is 17.8 Å². The number of rotatable bonds is 16. The summed E-state index contributed by atoms with van der Waals surface area (Å²) in [6.45, 7) is 1.26. The number of H-pyrrole nitrogens is 1. The highest BCUT2D eigenvalue weighted by molar-refractivity contribution is 5.90. The maximum absolute atomic E-state index is 14.5. The van der Waals surface area contributed by atoms with E-state index in [0.717, 1.165) is 36.0 Å². The largest absolute Gasteiger partial charge is 0.489 e. The fraction of sp³-hybridized carbons (Fsp3) is 0.286. The zero-order valence-electron chi connectivity index (χ0n) is 29.5. The molecule has 1 heterocycles. The van der Waals surface area contributed by atoms with Gasteiger partial charge in [-0.05, 0) is 47.2 Å². The van der Waals surface area contributed by atoms with Crippen molar-refractivity contribution in [3.63, 3.8) is 0 Å². The Labute approximate surface area is 305 Å². The molecule has 0 saturated heterocycles. The van der Waals surface area contributed by atoms with Crippen LogP contribution >= 0.6 is 0 Å². The molecule has 10 heteroatoms. The van der Waals surface area contributed by atoms with Crippen LogP contribution in [0.3, 0.4) is 0 Å². The van der Waals surface area contributed by atoms with Gasteiger partial charge in [-0.25, -0.2) is 9.78 Å². The number of hydrogen-bond donors (Lipinski definition) is 3. The Morgan fingerprint density at radius 2 is 1.46 bits per heavy atom. The molecule has 0 bridgehead atoms. The zero-order chi connectivity index (χ0) is 36.2. The van der Waals surface area contributed by atoms with E-state index in [9.17, 15) is 14.4 Å². The van der Waals surface area contributed by atoms with Crippen molar-refractivity contribution in [2.45, 2.75) is 56.8 Å². The van der Waals surface area contributed by atoms with Crippen molar-refractivity contribution < 1.29 is 19.1 Å². The third-order valence-corrected chi connectivity index (χ3v) is 9.69. The van der Waals surface area contributed by atoms with Gasteiger partial charge >= 0.3 is 6.03 Å². The average molecular weight is 699 g/mol. The van der Waals surface area contributed by atoms with Crippen molar-refractivity contribution in [2.24, 2.45) is 0 Å². The van der Waals surface area contributed by atoms with Crippen LogP contribution < -0.4 is 15.4 Å². The molecule has 1 saturated carbocycles. The highest BCUT2D eigenvalue weighted by Crippen LogP contribution is 2.43. The third kappa shape index (κ3) is 9.66. The fourth-order valence-corrected chi connectivity index (χ4v) is 6.54. The van der Waals surface area contributed by atoms with E-state index in [1.54, 1.807) is 13.2 Å². The van der Waals surface area contributed by atoms with Crippen molar-refractivity contribution in [2.75, 3.05) is 20.1 Å². The molecule has 1 aromatic heterocycles. The van der Waals surface area contributed by atoms with Gasteiger partial charge in [0.05, 0.1) is 18.6 Å². The standard InChI is InChI=1S/C42H46N6O4/c1-47(26-32-12-5-2-6-13-32)41(51)46-38(24-36-25-43-31-45-36)40(50)48(27-33-18-20-37(21-19-33)52-29-34-14-7-3-8-15-34)28-39(49)44-30-42(22-11-23-42)35-16-9-4-10-17-35/h2-10,12-21,25,31,38H,11,22-24,26-30H2,1H3,(H,43,45)(H,44,49)(H,46,51). The normalized spacial score (nSPS) is 13.6. The second kappa shape index (κ2) is 17.4. The van der Waals surface area contributed by atoms with Crippen LogP contribution in [-0.2, 0) is 41.1 Å². The molecule has 4 aromatic carbocycles. The fourth-order valence-electron chi connectivity index (χ4n) is 6.54. The van der Waals surface area contributed by atoms with Gasteiger partial charge in [0.15, 0.2) is 0 Å². The summed E-state index contributed by atoms with van der Waals surface area (Å²) in [5.74, 6) is 0.0508. The summed E-state index contributed by atoms with van der Waals surface area (Å²) in [6, 6.07) is 36.0. The zero-order valence-corrected chi connectivity index (χ0v) is 29.5. The van der Waals surface area contributed by atoms with Crippen LogP contribution in [0.15, 0.2) is 128 Å². The minimum atomic E-state index is -0.974. The predicted molar refractivity (Wildman–Crippen MR) is 200 cm³/mol. The number of amides is 4. The van der Waals surface area contributed by atoms with E-state index >= 15 is 0 Å². The monoisotopic (exact) mass is 698 g/mol. The van der Waals surface area contributed by atoms with Crippen molar-refractivity contribution in [3.8, 4) is 5.75 Å². The van der Waals surface area contributed by atoms with Gasteiger partial charge in [0.25, 0.3) is 0 Å². The molecule has 10 nitrogen and oxygen atoms in total. The third-order valence-electron chi connectivity index (χ3n) is 9.69. The number of ether oxygens (including phenoxy) is 1. The van der Waals surface area contributed by atoms with E-state index in [1.165, 1.54) is 21.7 Å². The Kier molecular flexibility index (Phi) is 12.0. The first-order valence-corrected chi connectivity index (χ1v) is 17.8. The van der Waals surface area contributed by atoms with Gasteiger partial charge in [0, 0.05) is 44.7 Å². The summed E-state index contributed by atoms with van der Waals surface area (Å²) >= 11 is 0. The first kappa shape index (κ1) is 35.9. The maximum atomic E-state index is 14.5. The van der Waals surface area contributed by atoms with Crippen molar-refractivity contribution in [1.82, 2.24) is 30.4 Å². The molecule has 5 aromatic rings. The van der Waals surface area contributed by atoms with Gasteiger partial charge in [0.2, 0.25) is 11.8 Å². The molecule has 0 radical (unpaired) electrons. The van der Waals surface area contributed by atoms with E-state index in [-0.39, 0.29) is 36.7 Å². The van der Waals surface area contributed by atoms with E-state index in [0.29, 0.717) is 31.1 Å². The second-order valence-electron chi connectivity index (χ2n) is 13.5. The SMILES string of the molecule is CN(Cc1ccccc1)C(=O)NC(Cc1c[nH]cn1)C(=O)N(CC(=O)NCC1(c2ccccc2)CCC1)Cc1ccc(OCc2ccccc2)cc1. The summed E-state index contributed by atoms with van der Waals surface area (Å²) in [6.07, 6.45) is 6.48.